The molecule has 0 radical (unpaired) electrons. The summed E-state index contributed by atoms with van der Waals surface area (Å²) in [5.74, 6) is 0. The molecule has 0 unspecified atom stereocenters. The number of hydrogen-bond acceptors (Lipinski definition) is 0. The molecule has 0 bridgehead atoms. The molecule has 46 heavy (non-hydrogen) atoms. The molecule has 0 aliphatic rings. The Balaban J connectivity index is 1.69. The molecule has 0 saturated heterocycles. The van der Waals surface area contributed by atoms with Crippen molar-refractivity contribution in [3.63, 3.8) is 0 Å². The fourth-order valence-electron chi connectivity index (χ4n) is 5.12. The minimum atomic E-state index is -1.17. The molecular formula is C46H30. The third kappa shape index (κ3) is 4.47. The van der Waals surface area contributed by atoms with Crippen LogP contribution in [0.15, 0.2) is 181 Å². The van der Waals surface area contributed by atoms with Gasteiger partial charge in [-0.15, -0.1) is 0 Å². The molecule has 0 spiro atoms. The van der Waals surface area contributed by atoms with Gasteiger partial charge in [-0.3, -0.25) is 0 Å². The quantitative estimate of drug-likeness (QED) is 0.173. The summed E-state index contributed by atoms with van der Waals surface area (Å²) in [5.41, 5.74) is -7.23. The Kier molecular flexibility index (Phi) is 2.37. The monoisotopic (exact) mass is 612 g/mol. The van der Waals surface area contributed by atoms with E-state index in [2.05, 4.69) is 0 Å². The van der Waals surface area contributed by atoms with Crippen molar-refractivity contribution in [2.75, 3.05) is 0 Å². The molecule has 0 nitrogen and oxygen atoms in total. The second-order valence-corrected chi connectivity index (χ2v) is 9.75. The van der Waals surface area contributed by atoms with Crippen LogP contribution in [0.2, 0.25) is 0 Å². The van der Waals surface area contributed by atoms with E-state index in [4.69, 9.17) is 26.0 Å². The molecule has 0 saturated carbocycles. The van der Waals surface area contributed by atoms with E-state index in [1.54, 1.807) is 0 Å². The Bertz CT molecular complexity index is 4250. The van der Waals surface area contributed by atoms with Gasteiger partial charge in [0.15, 0.2) is 0 Å². The van der Waals surface area contributed by atoms with E-state index in [-0.39, 0.29) is 0 Å². The molecule has 214 valence electrons. The zero-order valence-electron chi connectivity index (χ0n) is 53.0. The number of rotatable bonds is 4. The van der Waals surface area contributed by atoms with Crippen LogP contribution in [0.25, 0.3) is 87.6 Å². The van der Waals surface area contributed by atoms with Crippen molar-refractivity contribution in [3.05, 3.63) is 181 Å². The van der Waals surface area contributed by atoms with E-state index in [9.17, 15) is 15.1 Å². The minimum absolute atomic E-state index is 0.623. The summed E-state index contributed by atoms with van der Waals surface area (Å²) in [4.78, 5) is 0. The van der Waals surface area contributed by atoms with Gasteiger partial charge in [0.2, 0.25) is 0 Å². The average molecular weight is 613 g/mol. The second kappa shape index (κ2) is 10.9. The number of benzene rings is 9. The van der Waals surface area contributed by atoms with E-state index < -0.39 is 269 Å². The number of hydrogen-bond donors (Lipinski definition) is 0. The highest BCUT2D eigenvalue weighted by Crippen LogP contribution is 2.46. The van der Waals surface area contributed by atoms with E-state index in [0.717, 1.165) is 0 Å². The fourth-order valence-corrected chi connectivity index (χ4v) is 5.12. The minimum Gasteiger partial charge on any atom is -0.0622 e. The van der Waals surface area contributed by atoms with Crippen molar-refractivity contribution in [1.29, 1.82) is 0 Å². The smallest absolute Gasteiger partial charge is 0.0622 e. The molecule has 9 aromatic carbocycles. The second-order valence-electron chi connectivity index (χ2n) is 9.75. The molecule has 0 heteroatoms. The number of fused-ring (bicyclic) bond motifs is 4. The Labute approximate surface area is 311 Å². The van der Waals surface area contributed by atoms with Gasteiger partial charge in [-0.2, -0.15) is 0 Å². The van der Waals surface area contributed by atoms with Gasteiger partial charge in [-0.1, -0.05) is 157 Å². The summed E-state index contributed by atoms with van der Waals surface area (Å²) < 4.78 is 270. The van der Waals surface area contributed by atoms with Crippen LogP contribution in [0.3, 0.4) is 0 Å². The molecule has 0 amide bonds. The highest BCUT2D eigenvalue weighted by Gasteiger charge is 2.18. The van der Waals surface area contributed by atoms with E-state index in [0.29, 0.717) is 0 Å². The van der Waals surface area contributed by atoms with Crippen LogP contribution >= 0.6 is 0 Å². The maximum atomic E-state index is 10.2. The average Bonchev–Trinajstić information content (AvgIpc) is 3.38. The van der Waals surface area contributed by atoms with Gasteiger partial charge in [0.1, 0.15) is 0 Å². The third-order valence-corrected chi connectivity index (χ3v) is 7.12. The summed E-state index contributed by atoms with van der Waals surface area (Å²) in [6.07, 6.45) is 0. The largest absolute Gasteiger partial charge is 0.0636 e. The van der Waals surface area contributed by atoms with Crippen molar-refractivity contribution in [2.45, 2.75) is 0 Å². The topological polar surface area (TPSA) is 0 Å². The van der Waals surface area contributed by atoms with Crippen LogP contribution in [0, 0.1) is 0 Å². The van der Waals surface area contributed by atoms with Gasteiger partial charge in [-0.05, 0) is 112 Å². The Morgan fingerprint density at radius 2 is 0.674 bits per heavy atom. The molecule has 0 N–H and O–H groups in total. The van der Waals surface area contributed by atoms with E-state index in [1.165, 1.54) is 0 Å². The van der Waals surface area contributed by atoms with Gasteiger partial charge >= 0.3 is 0 Å². The van der Waals surface area contributed by atoms with Crippen LogP contribution in [0.1, 0.15) is 41.1 Å². The standard InChI is InChI=1S/C46H30/c1-2-11-31(12-3-1)36-17-10-18-39(28-36)46-42-20-9-8-19-41(42)45(40-24-22-33-14-5-7-16-35(33)29-40)43-26-25-38(30-44(43)46)37-23-21-32-13-4-6-15-34(32)27-37/h1-30H/i1D,2D,3D,4D,5D,6D,7D,8D,9D,10D,11D,12D,13D,14D,15D,16D,17D,18D,19D,20D,21D,22D,23D,24D,25D,26D,27D,28D,29D,30D. The Hall–Kier alpha value is -5.98. The lowest BCUT2D eigenvalue weighted by molar-refractivity contribution is 1.61. The first kappa shape index (κ1) is 10.0. The van der Waals surface area contributed by atoms with Crippen LogP contribution in [0.4, 0.5) is 0 Å². The van der Waals surface area contributed by atoms with Crippen LogP contribution in [-0.4, -0.2) is 0 Å². The van der Waals surface area contributed by atoms with Gasteiger partial charge in [-0.25, -0.2) is 0 Å². The van der Waals surface area contributed by atoms with E-state index in [1.807, 2.05) is 0 Å². The maximum Gasteiger partial charge on any atom is 0.0636 e. The lowest BCUT2D eigenvalue weighted by Crippen LogP contribution is -1.92. The van der Waals surface area contributed by atoms with Gasteiger partial charge in [0, 0.05) is 0 Å². The van der Waals surface area contributed by atoms with Crippen molar-refractivity contribution in [3.8, 4) is 44.5 Å². The van der Waals surface area contributed by atoms with Crippen molar-refractivity contribution in [2.24, 2.45) is 0 Å². The first-order valence-electron chi connectivity index (χ1n) is 28.5. The van der Waals surface area contributed by atoms with Crippen molar-refractivity contribution < 1.29 is 41.1 Å². The molecule has 0 aliphatic heterocycles. The Morgan fingerprint density at radius 3 is 1.39 bits per heavy atom. The van der Waals surface area contributed by atoms with Crippen molar-refractivity contribution >= 4 is 43.1 Å². The molecule has 0 aliphatic carbocycles. The highest BCUT2D eigenvalue weighted by atomic mass is 14.2. The molecule has 9 aromatic rings. The summed E-state index contributed by atoms with van der Waals surface area (Å²) >= 11 is 0. The summed E-state index contributed by atoms with van der Waals surface area (Å²) in [6, 6.07) is -30.2. The molecule has 9 rings (SSSR count). The van der Waals surface area contributed by atoms with Crippen LogP contribution < -0.4 is 0 Å². The fraction of sp³-hybridized carbons (Fsp3) is 0. The van der Waals surface area contributed by atoms with E-state index >= 15 is 0 Å². The SMILES string of the molecule is [2H]c1c([2H])c([2H])c(-c2c([2H])c([2H])c([2H])c(-c3c4c([2H])c([2H])c([2H])c([2H])c4c(-c4c([2H])c([2H])c5c([2H])c([2H])c([2H])c([2H])c5c4[2H])c4c([2H])c([2H])c(-c5c([2H])c([2H])c6c([2H])c([2H])c([2H])c([2H])c6c5[2H])c([2H])c34)c2[2H])c([2H])c1[2H]. The first-order valence-corrected chi connectivity index (χ1v) is 13.5. The van der Waals surface area contributed by atoms with Gasteiger partial charge < -0.3 is 0 Å². The lowest BCUT2D eigenvalue weighted by atomic mass is 9.84. The Morgan fingerprint density at radius 1 is 0.239 bits per heavy atom. The first-order chi connectivity index (χ1) is 35.3. The molecule has 0 atom stereocenters. The predicted molar refractivity (Wildman–Crippen MR) is 198 cm³/mol. The van der Waals surface area contributed by atoms with Crippen LogP contribution in [-0.2, 0) is 0 Å². The van der Waals surface area contributed by atoms with Gasteiger partial charge in [0.25, 0.3) is 0 Å². The lowest BCUT2D eigenvalue weighted by Gasteiger charge is -2.19. The van der Waals surface area contributed by atoms with Crippen molar-refractivity contribution in [1.82, 2.24) is 0 Å². The molecule has 0 heterocycles. The zero-order valence-corrected chi connectivity index (χ0v) is 23.0. The normalized spacial score (nSPS) is 20.6. The van der Waals surface area contributed by atoms with Gasteiger partial charge in [0.05, 0.1) is 41.1 Å². The maximum absolute atomic E-state index is 10.2. The zero-order chi connectivity index (χ0) is 56.6. The predicted octanol–water partition coefficient (Wildman–Crippen LogP) is 13.0. The summed E-state index contributed by atoms with van der Waals surface area (Å²) in [6.45, 7) is 0. The third-order valence-electron chi connectivity index (χ3n) is 7.12. The molecule has 0 aromatic heterocycles. The highest BCUT2D eigenvalue weighted by molar-refractivity contribution is 6.22. The molecule has 0 fully saturated rings. The molecular weight excluding hydrogens is 553 g/mol. The summed E-state index contributed by atoms with van der Waals surface area (Å²) in [5, 5.41) is -6.17. The van der Waals surface area contributed by atoms with Crippen LogP contribution in [0.5, 0.6) is 0 Å². The summed E-state index contributed by atoms with van der Waals surface area (Å²) in [7, 11) is 0.